The molecular formula is C10H13ClN4O2. The Labute approximate surface area is 104 Å². The number of anilines is 1. The lowest BCUT2D eigenvalue weighted by Gasteiger charge is -2.23. The molecule has 1 N–H and O–H groups in total. The first kappa shape index (κ1) is 12.1. The molecule has 0 aromatic carbocycles. The minimum atomic E-state index is -0.641. The second kappa shape index (κ2) is 4.46. The maximum absolute atomic E-state index is 12.0. The standard InChI is InChI=1S/C10H13ClN4O2/c1-6(16)7-5-14(2)10(17)15(7)8-3-4-12-9(11)13-8/h3-4,6-7,16H,5H2,1-2H3/t6-,7-/m1/s1. The third kappa shape index (κ3) is 2.18. The molecule has 92 valence electrons. The van der Waals surface area contributed by atoms with Crippen LogP contribution < -0.4 is 4.90 Å². The number of hydrogen-bond acceptors (Lipinski definition) is 4. The van der Waals surface area contributed by atoms with Crippen LogP contribution in [-0.2, 0) is 0 Å². The van der Waals surface area contributed by atoms with Gasteiger partial charge in [0.2, 0.25) is 5.28 Å². The Morgan fingerprint density at radius 2 is 2.35 bits per heavy atom. The molecule has 1 aromatic rings. The van der Waals surface area contributed by atoms with Gasteiger partial charge in [-0.3, -0.25) is 4.90 Å². The first-order valence-electron chi connectivity index (χ1n) is 5.21. The number of urea groups is 1. The van der Waals surface area contributed by atoms with E-state index in [0.29, 0.717) is 12.4 Å². The van der Waals surface area contributed by atoms with E-state index in [4.69, 9.17) is 11.6 Å². The molecule has 0 unspecified atom stereocenters. The van der Waals surface area contributed by atoms with Crippen LogP contribution in [0.3, 0.4) is 0 Å². The smallest absolute Gasteiger partial charge is 0.325 e. The Morgan fingerprint density at radius 3 is 2.94 bits per heavy atom. The van der Waals surface area contributed by atoms with Gasteiger partial charge in [0.05, 0.1) is 12.1 Å². The highest BCUT2D eigenvalue weighted by Gasteiger charge is 2.39. The van der Waals surface area contributed by atoms with E-state index in [1.165, 1.54) is 16.0 Å². The highest BCUT2D eigenvalue weighted by Crippen LogP contribution is 2.24. The number of aliphatic hydroxyl groups excluding tert-OH is 1. The maximum atomic E-state index is 12.0. The van der Waals surface area contributed by atoms with Crippen LogP contribution in [0.5, 0.6) is 0 Å². The van der Waals surface area contributed by atoms with Gasteiger partial charge in [0, 0.05) is 19.8 Å². The molecule has 1 aromatic heterocycles. The molecule has 17 heavy (non-hydrogen) atoms. The van der Waals surface area contributed by atoms with Gasteiger partial charge in [-0.25, -0.2) is 14.8 Å². The van der Waals surface area contributed by atoms with Crippen molar-refractivity contribution in [2.75, 3.05) is 18.5 Å². The minimum Gasteiger partial charge on any atom is -0.391 e. The van der Waals surface area contributed by atoms with Crippen LogP contribution in [0.15, 0.2) is 12.3 Å². The highest BCUT2D eigenvalue weighted by molar-refractivity contribution is 6.28. The third-order valence-corrected chi connectivity index (χ3v) is 2.92. The molecular weight excluding hydrogens is 244 g/mol. The predicted molar refractivity (Wildman–Crippen MR) is 63.0 cm³/mol. The van der Waals surface area contributed by atoms with Gasteiger partial charge in [-0.15, -0.1) is 0 Å². The van der Waals surface area contributed by atoms with Crippen LogP contribution >= 0.6 is 11.6 Å². The Morgan fingerprint density at radius 1 is 1.65 bits per heavy atom. The van der Waals surface area contributed by atoms with Gasteiger partial charge in [0.25, 0.3) is 0 Å². The Balaban J connectivity index is 2.37. The van der Waals surface area contributed by atoms with Crippen molar-refractivity contribution in [2.45, 2.75) is 19.1 Å². The predicted octanol–water partition coefficient (Wildman–Crippen LogP) is 0.751. The van der Waals surface area contributed by atoms with Crippen molar-refractivity contribution in [3.05, 3.63) is 17.5 Å². The molecule has 0 spiro atoms. The SMILES string of the molecule is C[C@@H](O)[C@H]1CN(C)C(=O)N1c1ccnc(Cl)n1. The Bertz CT molecular complexity index is 440. The zero-order valence-corrected chi connectivity index (χ0v) is 10.3. The van der Waals surface area contributed by atoms with Crippen LogP contribution in [0.2, 0.25) is 5.28 Å². The van der Waals surface area contributed by atoms with Crippen LogP contribution in [-0.4, -0.2) is 51.7 Å². The number of carbonyl (C=O) groups excluding carboxylic acids is 1. The van der Waals surface area contributed by atoms with Crippen molar-refractivity contribution in [2.24, 2.45) is 0 Å². The van der Waals surface area contributed by atoms with Gasteiger partial charge in [-0.05, 0) is 24.6 Å². The number of amides is 2. The minimum absolute atomic E-state index is 0.0780. The number of halogens is 1. The molecule has 0 radical (unpaired) electrons. The van der Waals surface area contributed by atoms with Crippen molar-refractivity contribution in [1.29, 1.82) is 0 Å². The van der Waals surface area contributed by atoms with E-state index in [9.17, 15) is 9.90 Å². The fourth-order valence-electron chi connectivity index (χ4n) is 1.86. The van der Waals surface area contributed by atoms with Crippen molar-refractivity contribution in [3.63, 3.8) is 0 Å². The van der Waals surface area contributed by atoms with Gasteiger partial charge in [-0.2, -0.15) is 0 Å². The van der Waals surface area contributed by atoms with Crippen LogP contribution in [0.4, 0.5) is 10.6 Å². The van der Waals surface area contributed by atoms with E-state index >= 15 is 0 Å². The molecule has 0 saturated carbocycles. The molecule has 2 heterocycles. The lowest BCUT2D eigenvalue weighted by atomic mass is 10.2. The number of hydrogen-bond donors (Lipinski definition) is 1. The number of aromatic nitrogens is 2. The van der Waals surface area contributed by atoms with Crippen molar-refractivity contribution < 1.29 is 9.90 Å². The second-order valence-corrected chi connectivity index (χ2v) is 4.36. The van der Waals surface area contributed by atoms with Crippen LogP contribution in [0.1, 0.15) is 6.92 Å². The number of rotatable bonds is 2. The van der Waals surface area contributed by atoms with Crippen molar-refractivity contribution in [1.82, 2.24) is 14.9 Å². The lowest BCUT2D eigenvalue weighted by Crippen LogP contribution is -2.41. The summed E-state index contributed by atoms with van der Waals surface area (Å²) < 4.78 is 0. The van der Waals surface area contributed by atoms with E-state index in [1.54, 1.807) is 20.0 Å². The van der Waals surface area contributed by atoms with Crippen LogP contribution in [0, 0.1) is 0 Å². The van der Waals surface area contributed by atoms with E-state index in [-0.39, 0.29) is 17.4 Å². The molecule has 1 fully saturated rings. The normalized spacial score (nSPS) is 22.1. The summed E-state index contributed by atoms with van der Waals surface area (Å²) in [5.74, 6) is 0.408. The molecule has 7 heteroatoms. The molecule has 0 bridgehead atoms. The quantitative estimate of drug-likeness (QED) is 0.793. The summed E-state index contributed by atoms with van der Waals surface area (Å²) >= 11 is 5.70. The monoisotopic (exact) mass is 256 g/mol. The van der Waals surface area contributed by atoms with Crippen LogP contribution in [0.25, 0.3) is 0 Å². The first-order valence-corrected chi connectivity index (χ1v) is 5.59. The highest BCUT2D eigenvalue weighted by atomic mass is 35.5. The van der Waals surface area contributed by atoms with Gasteiger partial charge >= 0.3 is 6.03 Å². The summed E-state index contributed by atoms with van der Waals surface area (Å²) in [5, 5.41) is 9.77. The Hall–Kier alpha value is -1.40. The van der Waals surface area contributed by atoms with Crippen molar-refractivity contribution >= 4 is 23.4 Å². The number of likely N-dealkylation sites (N-methyl/N-ethyl adjacent to an activating group) is 1. The number of carbonyl (C=O) groups is 1. The van der Waals surface area contributed by atoms with E-state index in [0.717, 1.165) is 0 Å². The summed E-state index contributed by atoms with van der Waals surface area (Å²) in [6.45, 7) is 2.10. The molecule has 2 amide bonds. The van der Waals surface area contributed by atoms with E-state index < -0.39 is 6.10 Å². The second-order valence-electron chi connectivity index (χ2n) is 4.02. The molecule has 0 aliphatic carbocycles. The number of nitrogens with zero attached hydrogens (tertiary/aromatic N) is 4. The van der Waals surface area contributed by atoms with Gasteiger partial charge in [-0.1, -0.05) is 0 Å². The summed E-state index contributed by atoms with van der Waals surface area (Å²) in [6, 6.07) is 1.07. The zero-order chi connectivity index (χ0) is 12.6. The molecule has 1 aliphatic heterocycles. The van der Waals surface area contributed by atoms with E-state index in [1.807, 2.05) is 0 Å². The van der Waals surface area contributed by atoms with E-state index in [2.05, 4.69) is 9.97 Å². The maximum Gasteiger partial charge on any atom is 0.325 e. The summed E-state index contributed by atoms with van der Waals surface area (Å²) in [5.41, 5.74) is 0. The average molecular weight is 257 g/mol. The zero-order valence-electron chi connectivity index (χ0n) is 9.54. The Kier molecular flexibility index (Phi) is 3.17. The third-order valence-electron chi connectivity index (χ3n) is 2.74. The molecule has 2 atom stereocenters. The first-order chi connectivity index (χ1) is 8.00. The van der Waals surface area contributed by atoms with Gasteiger partial charge in [0.15, 0.2) is 0 Å². The molecule has 1 aliphatic rings. The largest absolute Gasteiger partial charge is 0.391 e. The molecule has 2 rings (SSSR count). The van der Waals surface area contributed by atoms with Gasteiger partial charge < -0.3 is 10.0 Å². The lowest BCUT2D eigenvalue weighted by molar-refractivity contribution is 0.164. The summed E-state index contributed by atoms with van der Waals surface area (Å²) in [4.78, 5) is 22.7. The summed E-state index contributed by atoms with van der Waals surface area (Å²) in [7, 11) is 1.68. The molecule has 1 saturated heterocycles. The molecule has 6 nitrogen and oxygen atoms in total. The van der Waals surface area contributed by atoms with Crippen molar-refractivity contribution in [3.8, 4) is 0 Å². The summed E-state index contributed by atoms with van der Waals surface area (Å²) in [6.07, 6.45) is 0.840. The topological polar surface area (TPSA) is 69.6 Å². The number of aliphatic hydroxyl groups is 1. The average Bonchev–Trinajstić information content (AvgIpc) is 2.56. The fourth-order valence-corrected chi connectivity index (χ4v) is 2.01. The van der Waals surface area contributed by atoms with Gasteiger partial charge in [0.1, 0.15) is 5.82 Å². The fraction of sp³-hybridized carbons (Fsp3) is 0.500.